The number of hydrogen-bond acceptors (Lipinski definition) is 2. The molecule has 0 aliphatic rings. The van der Waals surface area contributed by atoms with E-state index < -0.39 is 5.97 Å². The topological polar surface area (TPSA) is 57.6 Å². The second-order valence-corrected chi connectivity index (χ2v) is 6.35. The Morgan fingerprint density at radius 2 is 1.60 bits per heavy atom. The Kier molecular flexibility index (Phi) is 6.75. The van der Waals surface area contributed by atoms with Gasteiger partial charge in [0, 0.05) is 19.5 Å². The minimum atomic E-state index is -0.832. The third kappa shape index (κ3) is 5.75. The van der Waals surface area contributed by atoms with E-state index in [1.165, 1.54) is 0 Å². The van der Waals surface area contributed by atoms with Crippen molar-refractivity contribution in [2.75, 3.05) is 6.54 Å². The summed E-state index contributed by atoms with van der Waals surface area (Å²) in [6, 6.07) is 15.8. The number of aliphatic carboxylic acids is 1. The first-order valence-corrected chi connectivity index (χ1v) is 8.56. The van der Waals surface area contributed by atoms with Gasteiger partial charge in [0.1, 0.15) is 0 Å². The molecule has 0 aromatic heterocycles. The fourth-order valence-corrected chi connectivity index (χ4v) is 2.91. The van der Waals surface area contributed by atoms with Crippen LogP contribution in [0.15, 0.2) is 48.5 Å². The maximum Gasteiger partial charge on any atom is 0.303 e. The molecule has 1 N–H and O–H groups in total. The highest BCUT2D eigenvalue weighted by Crippen LogP contribution is 2.16. The molecule has 0 saturated heterocycles. The van der Waals surface area contributed by atoms with Crippen LogP contribution in [-0.4, -0.2) is 28.4 Å². The molecule has 4 heteroatoms. The molecule has 0 saturated carbocycles. The van der Waals surface area contributed by atoms with Crippen molar-refractivity contribution in [2.45, 2.75) is 39.7 Å². The van der Waals surface area contributed by atoms with Gasteiger partial charge in [-0.1, -0.05) is 48.5 Å². The second kappa shape index (κ2) is 9.02. The van der Waals surface area contributed by atoms with Gasteiger partial charge in [0.2, 0.25) is 5.91 Å². The van der Waals surface area contributed by atoms with Crippen LogP contribution in [0, 0.1) is 13.8 Å². The first-order valence-electron chi connectivity index (χ1n) is 8.56. The van der Waals surface area contributed by atoms with Crippen molar-refractivity contribution in [2.24, 2.45) is 0 Å². The van der Waals surface area contributed by atoms with Gasteiger partial charge in [-0.2, -0.15) is 0 Å². The molecule has 0 spiro atoms. The van der Waals surface area contributed by atoms with Gasteiger partial charge >= 0.3 is 5.97 Å². The van der Waals surface area contributed by atoms with Crippen LogP contribution in [0.3, 0.4) is 0 Å². The predicted octanol–water partition coefficient (Wildman–Crippen LogP) is 3.74. The number of aryl methyl sites for hydroxylation is 2. The van der Waals surface area contributed by atoms with Gasteiger partial charge in [-0.3, -0.25) is 9.59 Å². The number of carboxylic acid groups (broad SMARTS) is 1. The largest absolute Gasteiger partial charge is 0.481 e. The predicted molar refractivity (Wildman–Crippen MR) is 98.3 cm³/mol. The van der Waals surface area contributed by atoms with E-state index in [2.05, 4.69) is 0 Å². The van der Waals surface area contributed by atoms with Crippen molar-refractivity contribution >= 4 is 11.9 Å². The minimum absolute atomic E-state index is 0.0339. The van der Waals surface area contributed by atoms with E-state index in [-0.39, 0.29) is 12.3 Å². The smallest absolute Gasteiger partial charge is 0.303 e. The van der Waals surface area contributed by atoms with Gasteiger partial charge in [0.25, 0.3) is 0 Å². The summed E-state index contributed by atoms with van der Waals surface area (Å²) in [7, 11) is 0. The molecule has 2 aromatic carbocycles. The lowest BCUT2D eigenvalue weighted by Crippen LogP contribution is -2.33. The van der Waals surface area contributed by atoms with E-state index >= 15 is 0 Å². The molecule has 2 aromatic rings. The number of carbonyl (C=O) groups excluding carboxylic acids is 1. The van der Waals surface area contributed by atoms with Crippen molar-refractivity contribution in [1.82, 2.24) is 4.90 Å². The highest BCUT2D eigenvalue weighted by atomic mass is 16.4. The minimum Gasteiger partial charge on any atom is -0.481 e. The van der Waals surface area contributed by atoms with Gasteiger partial charge in [-0.05, 0) is 42.5 Å². The number of rotatable bonds is 8. The summed E-state index contributed by atoms with van der Waals surface area (Å²) in [5, 5.41) is 8.86. The molecule has 4 nitrogen and oxygen atoms in total. The zero-order chi connectivity index (χ0) is 18.2. The lowest BCUT2D eigenvalue weighted by Gasteiger charge is -2.23. The molecule has 0 fully saturated rings. The quantitative estimate of drug-likeness (QED) is 0.797. The summed E-state index contributed by atoms with van der Waals surface area (Å²) in [5.74, 6) is -0.798. The molecule has 0 aliphatic carbocycles. The summed E-state index contributed by atoms with van der Waals surface area (Å²) in [5.41, 5.74) is 4.33. The van der Waals surface area contributed by atoms with E-state index in [9.17, 15) is 9.59 Å². The number of nitrogens with zero attached hydrogens (tertiary/aromatic N) is 1. The first-order chi connectivity index (χ1) is 12.0. The summed E-state index contributed by atoms with van der Waals surface area (Å²) >= 11 is 0. The monoisotopic (exact) mass is 339 g/mol. The molecule has 25 heavy (non-hydrogen) atoms. The van der Waals surface area contributed by atoms with Crippen LogP contribution in [0.4, 0.5) is 0 Å². The molecule has 0 bridgehead atoms. The summed E-state index contributed by atoms with van der Waals surface area (Å²) in [4.78, 5) is 25.4. The zero-order valence-corrected chi connectivity index (χ0v) is 14.9. The highest BCUT2D eigenvalue weighted by Gasteiger charge is 2.17. The van der Waals surface area contributed by atoms with Crippen molar-refractivity contribution in [3.8, 4) is 0 Å². The SMILES string of the molecule is Cc1cccc(C)c1CC(=O)N(CCCC(=O)O)Cc1ccccc1. The highest BCUT2D eigenvalue weighted by molar-refractivity contribution is 5.79. The molecule has 132 valence electrons. The van der Waals surface area contributed by atoms with Crippen molar-refractivity contribution in [3.05, 3.63) is 70.8 Å². The van der Waals surface area contributed by atoms with Crippen LogP contribution in [-0.2, 0) is 22.6 Å². The number of amides is 1. The molecular weight excluding hydrogens is 314 g/mol. The molecule has 1 amide bonds. The van der Waals surface area contributed by atoms with E-state index in [4.69, 9.17) is 5.11 Å². The van der Waals surface area contributed by atoms with Crippen molar-refractivity contribution in [1.29, 1.82) is 0 Å². The third-order valence-corrected chi connectivity index (χ3v) is 4.36. The maximum absolute atomic E-state index is 12.9. The molecule has 0 heterocycles. The average molecular weight is 339 g/mol. The number of hydrogen-bond donors (Lipinski definition) is 1. The number of carbonyl (C=O) groups is 2. The van der Waals surface area contributed by atoms with E-state index in [1.54, 1.807) is 4.90 Å². The Labute approximate surface area is 149 Å². The Morgan fingerprint density at radius 1 is 0.960 bits per heavy atom. The zero-order valence-electron chi connectivity index (χ0n) is 14.9. The summed E-state index contributed by atoms with van der Waals surface area (Å²) < 4.78 is 0. The first kappa shape index (κ1) is 18.7. The van der Waals surface area contributed by atoms with Gasteiger partial charge in [0.15, 0.2) is 0 Å². The molecule has 0 unspecified atom stereocenters. The standard InChI is InChI=1S/C21H25NO3/c1-16-8-6-9-17(2)19(16)14-20(23)22(13-7-12-21(24)25)15-18-10-4-3-5-11-18/h3-6,8-11H,7,12-15H2,1-2H3,(H,24,25). The summed E-state index contributed by atoms with van der Waals surface area (Å²) in [6.07, 6.45) is 0.876. The van der Waals surface area contributed by atoms with Crippen LogP contribution in [0.1, 0.15) is 35.1 Å². The van der Waals surface area contributed by atoms with Crippen LogP contribution in [0.25, 0.3) is 0 Å². The van der Waals surface area contributed by atoms with Crippen LogP contribution in [0.5, 0.6) is 0 Å². The van der Waals surface area contributed by atoms with E-state index in [1.807, 2.05) is 62.4 Å². The Balaban J connectivity index is 2.12. The van der Waals surface area contributed by atoms with Gasteiger partial charge in [-0.25, -0.2) is 0 Å². The Morgan fingerprint density at radius 3 is 2.20 bits per heavy atom. The fraction of sp³-hybridized carbons (Fsp3) is 0.333. The van der Waals surface area contributed by atoms with Gasteiger partial charge < -0.3 is 10.0 Å². The number of carboxylic acids is 1. The average Bonchev–Trinajstić information content (AvgIpc) is 2.58. The fourth-order valence-electron chi connectivity index (χ4n) is 2.91. The molecule has 0 aliphatic heterocycles. The van der Waals surface area contributed by atoms with E-state index in [0.29, 0.717) is 25.9 Å². The van der Waals surface area contributed by atoms with Crippen LogP contribution < -0.4 is 0 Å². The normalized spacial score (nSPS) is 10.5. The van der Waals surface area contributed by atoms with E-state index in [0.717, 1.165) is 22.3 Å². The molecular formula is C21H25NO3. The number of benzene rings is 2. The lowest BCUT2D eigenvalue weighted by molar-refractivity contribution is -0.138. The summed E-state index contributed by atoms with van der Waals surface area (Å²) in [6.45, 7) is 4.98. The third-order valence-electron chi connectivity index (χ3n) is 4.36. The van der Waals surface area contributed by atoms with Crippen LogP contribution in [0.2, 0.25) is 0 Å². The molecule has 2 rings (SSSR count). The lowest BCUT2D eigenvalue weighted by atomic mass is 9.99. The Hall–Kier alpha value is -2.62. The second-order valence-electron chi connectivity index (χ2n) is 6.35. The van der Waals surface area contributed by atoms with Crippen molar-refractivity contribution in [3.63, 3.8) is 0 Å². The van der Waals surface area contributed by atoms with Gasteiger partial charge in [-0.15, -0.1) is 0 Å². The maximum atomic E-state index is 12.9. The van der Waals surface area contributed by atoms with Crippen molar-refractivity contribution < 1.29 is 14.7 Å². The van der Waals surface area contributed by atoms with Gasteiger partial charge in [0.05, 0.1) is 6.42 Å². The Bertz CT molecular complexity index is 705. The van der Waals surface area contributed by atoms with Crippen LogP contribution >= 0.6 is 0 Å². The molecule has 0 radical (unpaired) electrons. The molecule has 0 atom stereocenters.